The molecular formula is C39H33F3N2O4PReS-2. The van der Waals surface area contributed by atoms with Gasteiger partial charge in [-0.1, -0.05) is 152 Å². The van der Waals surface area contributed by atoms with Crippen LogP contribution in [0.2, 0.25) is 0 Å². The first kappa shape index (κ1) is 43.2. The Morgan fingerprint density at radius 1 is 0.588 bits per heavy atom. The molecule has 0 saturated heterocycles. The molecule has 1 unspecified atom stereocenters. The number of benzene rings is 5. The van der Waals surface area contributed by atoms with Crippen LogP contribution in [0.3, 0.4) is 0 Å². The number of nitroso groups, excluding NO2 is 1. The van der Waals surface area contributed by atoms with E-state index in [9.17, 15) is 13.2 Å². The van der Waals surface area contributed by atoms with Crippen LogP contribution >= 0.6 is 7.92 Å². The summed E-state index contributed by atoms with van der Waals surface area (Å²) in [6.45, 7) is 0. The first-order valence-electron chi connectivity index (χ1n) is 15.0. The van der Waals surface area contributed by atoms with Crippen LogP contribution in [-0.4, -0.2) is 18.5 Å². The van der Waals surface area contributed by atoms with Crippen molar-refractivity contribution in [2.75, 3.05) is 5.32 Å². The molecule has 1 aliphatic carbocycles. The van der Waals surface area contributed by atoms with Gasteiger partial charge in [-0.05, 0) is 73.1 Å². The zero-order chi connectivity index (χ0) is 36.2. The van der Waals surface area contributed by atoms with Crippen LogP contribution in [0.5, 0.6) is 0 Å². The van der Waals surface area contributed by atoms with Crippen molar-refractivity contribution < 1.29 is 46.6 Å². The van der Waals surface area contributed by atoms with E-state index in [4.69, 9.17) is 23.5 Å². The second-order valence-electron chi connectivity index (χ2n) is 10.2. The number of anilines is 1. The SMILES string of the molecule is C1=CC(c2ccccc2)Nc2ccccc21.O=S(=O)([O-])C(F)(F)F.[CH]1[CH][CH][CH][CH]1.[N-]=O.[Re].c1ccc(P(c2ccccc2)c2ccccc2)cc1. The Morgan fingerprint density at radius 2 is 0.922 bits per heavy atom. The van der Waals surface area contributed by atoms with Crippen LogP contribution in [0, 0.1) is 37.0 Å². The molecule has 0 bridgehead atoms. The van der Waals surface area contributed by atoms with Crippen molar-refractivity contribution >= 4 is 45.7 Å². The molecule has 6 nitrogen and oxygen atoms in total. The van der Waals surface area contributed by atoms with Gasteiger partial charge < -0.3 is 20.4 Å². The van der Waals surface area contributed by atoms with Gasteiger partial charge in [-0.15, -0.1) is 0 Å². The Labute approximate surface area is 313 Å². The van der Waals surface area contributed by atoms with E-state index >= 15 is 0 Å². The summed E-state index contributed by atoms with van der Waals surface area (Å²) in [6, 6.07) is 51.5. The minimum Gasteiger partial charge on any atom is -0.741 e. The van der Waals surface area contributed by atoms with Gasteiger partial charge in [-0.25, -0.2) is 8.42 Å². The first-order valence-corrected chi connectivity index (χ1v) is 17.8. The number of rotatable bonds is 4. The van der Waals surface area contributed by atoms with Crippen molar-refractivity contribution in [2.24, 2.45) is 0 Å². The van der Waals surface area contributed by atoms with Gasteiger partial charge in [0.25, 0.3) is 0 Å². The van der Waals surface area contributed by atoms with Gasteiger partial charge in [-0.2, -0.15) is 13.2 Å². The summed E-state index contributed by atoms with van der Waals surface area (Å²) in [5.41, 5.74) is 3.87. The standard InChI is InChI=1S/C18H15P.C15H13N.C5H5.CHF3O3S.NO.Re/c1-4-10-16(11-5-1)19(17-12-6-2-7-13-17)18-14-8-3-9-15-18;1-2-6-12(7-3-1)15-11-10-13-8-4-5-9-14(13)16-15;1-2-4-5-3-1;2-1(3,4)8(5,6)7;1-2;/h1-15H;1-11,15-16H;1-5H;(H,5,6,7);;/q;;;;-1;/p-1. The van der Waals surface area contributed by atoms with Gasteiger partial charge in [0.1, 0.15) is 0 Å². The second-order valence-corrected chi connectivity index (χ2v) is 13.8. The van der Waals surface area contributed by atoms with Gasteiger partial charge in [0, 0.05) is 26.1 Å². The molecule has 6 radical (unpaired) electrons. The van der Waals surface area contributed by atoms with Crippen molar-refractivity contribution in [3.05, 3.63) is 205 Å². The third kappa shape index (κ3) is 14.7. The van der Waals surface area contributed by atoms with E-state index in [0.29, 0.717) is 0 Å². The third-order valence-corrected chi connectivity index (χ3v) is 9.79. The van der Waals surface area contributed by atoms with Crippen LogP contribution < -0.4 is 21.2 Å². The number of fused-ring (bicyclic) bond motifs is 1. The number of hydrogen-bond acceptors (Lipinski definition) is 5. The quantitative estimate of drug-likeness (QED) is 0.110. The Kier molecular flexibility index (Phi) is 19.3. The molecule has 12 heteroatoms. The fourth-order valence-corrected chi connectivity index (χ4v) is 6.85. The van der Waals surface area contributed by atoms with Gasteiger partial charge in [0.15, 0.2) is 10.1 Å². The zero-order valence-corrected chi connectivity index (χ0v) is 31.3. The van der Waals surface area contributed by atoms with E-state index in [1.54, 1.807) is 0 Å². The molecule has 7 rings (SSSR count). The zero-order valence-electron chi connectivity index (χ0n) is 26.9. The van der Waals surface area contributed by atoms with Crippen molar-refractivity contribution in [3.8, 4) is 0 Å². The average Bonchev–Trinajstić information content (AvgIpc) is 3.75. The van der Waals surface area contributed by atoms with E-state index in [1.807, 2.05) is 38.2 Å². The number of nitrogens with one attached hydrogen (secondary N) is 1. The fourth-order valence-electron chi connectivity index (χ4n) is 4.54. The smallest absolute Gasteiger partial charge is 0.485 e. The summed E-state index contributed by atoms with van der Waals surface area (Å²) in [5, 5.41) is 7.72. The molecule has 51 heavy (non-hydrogen) atoms. The van der Waals surface area contributed by atoms with Gasteiger partial charge >= 0.3 is 5.51 Å². The number of para-hydroxylation sites is 1. The largest absolute Gasteiger partial charge is 0.741 e. The van der Waals surface area contributed by atoms with E-state index in [1.165, 1.54) is 32.7 Å². The number of alkyl halides is 3. The van der Waals surface area contributed by atoms with Crippen molar-refractivity contribution in [3.63, 3.8) is 0 Å². The molecule has 1 atom stereocenters. The van der Waals surface area contributed by atoms with Gasteiger partial charge in [0.05, 0.1) is 6.04 Å². The topological polar surface area (TPSA) is 109 Å². The average molecular weight is 900 g/mol. The minimum atomic E-state index is -6.09. The van der Waals surface area contributed by atoms with Crippen molar-refractivity contribution in [2.45, 2.75) is 11.6 Å². The minimum absolute atomic E-state index is 0. The molecule has 1 aliphatic heterocycles. The van der Waals surface area contributed by atoms with Crippen LogP contribution in [0.1, 0.15) is 17.2 Å². The van der Waals surface area contributed by atoms with Crippen molar-refractivity contribution in [1.82, 2.24) is 0 Å². The molecule has 1 N–H and O–H groups in total. The summed E-state index contributed by atoms with van der Waals surface area (Å²) in [6.07, 6.45) is 14.4. The molecule has 0 spiro atoms. The molecule has 0 aromatic heterocycles. The van der Waals surface area contributed by atoms with Crippen LogP contribution in [0.4, 0.5) is 18.9 Å². The summed E-state index contributed by atoms with van der Waals surface area (Å²) in [7, 11) is -6.54. The Bertz CT molecular complexity index is 1720. The number of hydrogen-bond donors (Lipinski definition) is 1. The second kappa shape index (κ2) is 22.8. The van der Waals surface area contributed by atoms with Crippen molar-refractivity contribution in [1.29, 1.82) is 0 Å². The number of nitrogens with zero attached hydrogens (tertiary/aromatic N) is 1. The van der Waals surface area contributed by atoms with E-state index < -0.39 is 23.5 Å². The van der Waals surface area contributed by atoms with Crippen LogP contribution in [0.15, 0.2) is 152 Å². The predicted octanol–water partition coefficient (Wildman–Crippen LogP) is 8.70. The summed E-state index contributed by atoms with van der Waals surface area (Å²) >= 11 is 0. The first-order chi connectivity index (χ1) is 24.1. The maximum Gasteiger partial charge on any atom is 0.485 e. The van der Waals surface area contributed by atoms with Crippen LogP contribution in [-0.2, 0) is 30.5 Å². The fraction of sp³-hybridized carbons (Fsp3) is 0.0513. The molecule has 1 fully saturated rings. The summed E-state index contributed by atoms with van der Waals surface area (Å²) in [5.74, 6) is 0. The maximum absolute atomic E-state index is 10.7. The Morgan fingerprint density at radius 3 is 1.29 bits per heavy atom. The van der Waals surface area contributed by atoms with Gasteiger partial charge in [0.2, 0.25) is 0 Å². The molecule has 1 heterocycles. The Balaban J connectivity index is 0.000000253. The molecular weight excluding hydrogens is 867 g/mol. The molecule has 0 amide bonds. The Hall–Kier alpha value is -3.97. The predicted molar refractivity (Wildman–Crippen MR) is 197 cm³/mol. The molecule has 264 valence electrons. The third-order valence-electron chi connectivity index (χ3n) is 6.78. The maximum atomic E-state index is 10.7. The molecule has 5 aromatic carbocycles. The monoisotopic (exact) mass is 900 g/mol. The van der Waals surface area contributed by atoms with E-state index in [-0.39, 0.29) is 26.5 Å². The van der Waals surface area contributed by atoms with E-state index in [0.717, 1.165) is 0 Å². The summed E-state index contributed by atoms with van der Waals surface area (Å²) in [4.78, 5) is 7.25. The van der Waals surface area contributed by atoms with Gasteiger partial charge in [-0.3, -0.25) is 0 Å². The van der Waals surface area contributed by atoms with Crippen LogP contribution in [0.25, 0.3) is 11.7 Å². The van der Waals surface area contributed by atoms with E-state index in [2.05, 4.69) is 157 Å². The number of halogens is 3. The molecule has 1 saturated carbocycles. The molecule has 2 aliphatic rings. The normalized spacial score (nSPS) is 14.1. The molecule has 5 aromatic rings. The summed E-state index contributed by atoms with van der Waals surface area (Å²) < 4.78 is 58.9.